The molecule has 0 aliphatic carbocycles. The summed E-state index contributed by atoms with van der Waals surface area (Å²) in [5.74, 6) is 0.970. The van der Waals surface area contributed by atoms with E-state index < -0.39 is 0 Å². The Bertz CT molecular complexity index is 512. The summed E-state index contributed by atoms with van der Waals surface area (Å²) in [4.78, 5) is 0. The monoisotopic (exact) mass is 230 g/mol. The molecule has 1 aliphatic rings. The minimum atomic E-state index is 0.529. The standard InChI is InChI=1S/C14H18N2O/c1-16-8-6-11-9-13(4-5-14(11)16)17-10-12-3-2-7-15-12/h4-6,8-9,12,15H,2-3,7,10H2,1H3. The van der Waals surface area contributed by atoms with Crippen molar-refractivity contribution < 1.29 is 4.74 Å². The quantitative estimate of drug-likeness (QED) is 0.875. The fourth-order valence-corrected chi connectivity index (χ4v) is 2.45. The van der Waals surface area contributed by atoms with Gasteiger partial charge in [0.15, 0.2) is 0 Å². The number of hydrogen-bond acceptors (Lipinski definition) is 2. The molecule has 0 radical (unpaired) electrons. The fraction of sp³-hybridized carbons (Fsp3) is 0.429. The molecule has 0 saturated carbocycles. The lowest BCUT2D eigenvalue weighted by Crippen LogP contribution is -2.28. The van der Waals surface area contributed by atoms with Crippen LogP contribution in [0.4, 0.5) is 0 Å². The molecule has 1 saturated heterocycles. The molecule has 1 aromatic heterocycles. The van der Waals surface area contributed by atoms with Gasteiger partial charge in [-0.3, -0.25) is 0 Å². The smallest absolute Gasteiger partial charge is 0.120 e. The summed E-state index contributed by atoms with van der Waals surface area (Å²) in [6, 6.07) is 8.94. The summed E-state index contributed by atoms with van der Waals surface area (Å²) in [6.07, 6.45) is 4.58. The van der Waals surface area contributed by atoms with Crippen molar-refractivity contribution in [3.63, 3.8) is 0 Å². The molecule has 1 aromatic carbocycles. The van der Waals surface area contributed by atoms with Gasteiger partial charge in [-0.1, -0.05) is 0 Å². The molecule has 1 aliphatic heterocycles. The maximum atomic E-state index is 5.84. The normalized spacial score (nSPS) is 19.9. The van der Waals surface area contributed by atoms with Crippen LogP contribution in [0.2, 0.25) is 0 Å². The largest absolute Gasteiger partial charge is 0.492 e. The van der Waals surface area contributed by atoms with Crippen LogP contribution >= 0.6 is 0 Å². The van der Waals surface area contributed by atoms with Crippen molar-refractivity contribution in [1.82, 2.24) is 9.88 Å². The predicted molar refractivity (Wildman–Crippen MR) is 69.4 cm³/mol. The van der Waals surface area contributed by atoms with E-state index in [1.165, 1.54) is 23.7 Å². The van der Waals surface area contributed by atoms with Crippen LogP contribution in [0.15, 0.2) is 30.5 Å². The van der Waals surface area contributed by atoms with Gasteiger partial charge in [0, 0.05) is 30.2 Å². The van der Waals surface area contributed by atoms with E-state index in [9.17, 15) is 0 Å². The number of hydrogen-bond donors (Lipinski definition) is 1. The Morgan fingerprint density at radius 2 is 2.35 bits per heavy atom. The number of fused-ring (bicyclic) bond motifs is 1. The molecule has 1 fully saturated rings. The van der Waals surface area contributed by atoms with Crippen molar-refractivity contribution in [3.8, 4) is 5.75 Å². The highest BCUT2D eigenvalue weighted by Gasteiger charge is 2.14. The molecule has 3 rings (SSSR count). The highest BCUT2D eigenvalue weighted by Crippen LogP contribution is 2.21. The van der Waals surface area contributed by atoms with Crippen LogP contribution in [0.5, 0.6) is 5.75 Å². The molecule has 3 heteroatoms. The van der Waals surface area contributed by atoms with Gasteiger partial charge in [-0.15, -0.1) is 0 Å². The summed E-state index contributed by atoms with van der Waals surface area (Å²) in [7, 11) is 2.06. The number of nitrogens with zero attached hydrogens (tertiary/aromatic N) is 1. The van der Waals surface area contributed by atoms with Crippen LogP contribution in [-0.2, 0) is 7.05 Å². The van der Waals surface area contributed by atoms with Crippen molar-refractivity contribution >= 4 is 10.9 Å². The molecule has 0 bridgehead atoms. The molecule has 1 unspecified atom stereocenters. The molecule has 2 aromatic rings. The van der Waals surface area contributed by atoms with Crippen LogP contribution in [0.1, 0.15) is 12.8 Å². The number of nitrogens with one attached hydrogen (secondary N) is 1. The Balaban J connectivity index is 1.72. The van der Waals surface area contributed by atoms with Gasteiger partial charge in [0.1, 0.15) is 12.4 Å². The fourth-order valence-electron chi connectivity index (χ4n) is 2.45. The average molecular weight is 230 g/mol. The molecular formula is C14H18N2O. The molecule has 90 valence electrons. The van der Waals surface area contributed by atoms with E-state index in [-0.39, 0.29) is 0 Å². The highest BCUT2D eigenvalue weighted by atomic mass is 16.5. The first-order chi connectivity index (χ1) is 8.33. The molecule has 3 nitrogen and oxygen atoms in total. The highest BCUT2D eigenvalue weighted by molar-refractivity contribution is 5.81. The van der Waals surface area contributed by atoms with Crippen molar-refractivity contribution in [3.05, 3.63) is 30.5 Å². The van der Waals surface area contributed by atoms with Gasteiger partial charge < -0.3 is 14.6 Å². The van der Waals surface area contributed by atoms with E-state index in [0.717, 1.165) is 18.9 Å². The van der Waals surface area contributed by atoms with E-state index in [2.05, 4.69) is 47.4 Å². The molecular weight excluding hydrogens is 212 g/mol. The minimum Gasteiger partial charge on any atom is -0.492 e. The SMILES string of the molecule is Cn1ccc2cc(OCC3CCCN3)ccc21. The van der Waals surface area contributed by atoms with Gasteiger partial charge in [0.05, 0.1) is 0 Å². The third kappa shape index (κ3) is 2.15. The Morgan fingerprint density at radius 1 is 1.41 bits per heavy atom. The predicted octanol–water partition coefficient (Wildman–Crippen LogP) is 2.31. The van der Waals surface area contributed by atoms with E-state index >= 15 is 0 Å². The first kappa shape index (κ1) is 10.7. The summed E-state index contributed by atoms with van der Waals surface area (Å²) in [5.41, 5.74) is 1.25. The summed E-state index contributed by atoms with van der Waals surface area (Å²) in [6.45, 7) is 1.91. The van der Waals surface area contributed by atoms with Crippen LogP contribution in [0.25, 0.3) is 10.9 Å². The van der Waals surface area contributed by atoms with Crippen LogP contribution in [0, 0.1) is 0 Å². The van der Waals surface area contributed by atoms with Gasteiger partial charge in [-0.25, -0.2) is 0 Å². The lowest BCUT2D eigenvalue weighted by atomic mass is 10.2. The Hall–Kier alpha value is -1.48. The molecule has 17 heavy (non-hydrogen) atoms. The maximum Gasteiger partial charge on any atom is 0.120 e. The summed E-state index contributed by atoms with van der Waals surface area (Å²) < 4.78 is 7.96. The van der Waals surface area contributed by atoms with E-state index in [0.29, 0.717) is 6.04 Å². The van der Waals surface area contributed by atoms with E-state index in [1.807, 2.05) is 0 Å². The van der Waals surface area contributed by atoms with E-state index in [4.69, 9.17) is 4.74 Å². The van der Waals surface area contributed by atoms with Gasteiger partial charge in [0.25, 0.3) is 0 Å². The van der Waals surface area contributed by atoms with Crippen LogP contribution in [-0.4, -0.2) is 23.8 Å². The molecule has 1 atom stereocenters. The maximum absolute atomic E-state index is 5.84. The zero-order chi connectivity index (χ0) is 11.7. The second-order valence-corrected chi connectivity index (χ2v) is 4.75. The minimum absolute atomic E-state index is 0.529. The molecule has 0 amide bonds. The van der Waals surface area contributed by atoms with Crippen LogP contribution < -0.4 is 10.1 Å². The van der Waals surface area contributed by atoms with Crippen molar-refractivity contribution in [2.45, 2.75) is 18.9 Å². The Labute approximate surface area is 101 Å². The first-order valence-electron chi connectivity index (χ1n) is 6.24. The summed E-state index contributed by atoms with van der Waals surface area (Å²) >= 11 is 0. The topological polar surface area (TPSA) is 26.2 Å². The van der Waals surface area contributed by atoms with Crippen LogP contribution in [0.3, 0.4) is 0 Å². The lowest BCUT2D eigenvalue weighted by molar-refractivity contribution is 0.277. The molecule has 1 N–H and O–H groups in total. The number of rotatable bonds is 3. The summed E-state index contributed by atoms with van der Waals surface area (Å²) in [5, 5.41) is 4.68. The molecule has 2 heterocycles. The second-order valence-electron chi connectivity index (χ2n) is 4.75. The van der Waals surface area contributed by atoms with Gasteiger partial charge in [-0.05, 0) is 43.7 Å². The number of aromatic nitrogens is 1. The van der Waals surface area contributed by atoms with Gasteiger partial charge in [-0.2, -0.15) is 0 Å². The number of benzene rings is 1. The number of aryl methyl sites for hydroxylation is 1. The van der Waals surface area contributed by atoms with Crippen molar-refractivity contribution in [2.24, 2.45) is 7.05 Å². The van der Waals surface area contributed by atoms with E-state index in [1.54, 1.807) is 0 Å². The first-order valence-corrected chi connectivity index (χ1v) is 6.24. The third-order valence-corrected chi connectivity index (χ3v) is 3.47. The number of ether oxygens (including phenoxy) is 1. The average Bonchev–Trinajstić information content (AvgIpc) is 2.97. The zero-order valence-corrected chi connectivity index (χ0v) is 10.1. The van der Waals surface area contributed by atoms with Gasteiger partial charge >= 0.3 is 0 Å². The van der Waals surface area contributed by atoms with Gasteiger partial charge in [0.2, 0.25) is 0 Å². The molecule has 0 spiro atoms. The zero-order valence-electron chi connectivity index (χ0n) is 10.1. The third-order valence-electron chi connectivity index (χ3n) is 3.47. The Morgan fingerprint density at radius 3 is 3.18 bits per heavy atom. The second kappa shape index (κ2) is 4.41. The lowest BCUT2D eigenvalue weighted by Gasteiger charge is -2.12. The van der Waals surface area contributed by atoms with Crippen molar-refractivity contribution in [2.75, 3.05) is 13.2 Å². The Kier molecular flexibility index (Phi) is 2.77. The van der Waals surface area contributed by atoms with Crippen molar-refractivity contribution in [1.29, 1.82) is 0 Å².